The number of hydrogen-bond donors (Lipinski definition) is 1. The second-order valence-electron chi connectivity index (χ2n) is 2.96. The second kappa shape index (κ2) is 3.24. The van der Waals surface area contributed by atoms with Gasteiger partial charge in [0.1, 0.15) is 0 Å². The molecule has 1 aromatic carbocycles. The highest BCUT2D eigenvalue weighted by Gasteiger charge is 2.07. The van der Waals surface area contributed by atoms with Crippen LogP contribution in [0.15, 0.2) is 22.4 Å². The molecule has 0 radical (unpaired) electrons. The van der Waals surface area contributed by atoms with Crippen LogP contribution in [0.1, 0.15) is 5.56 Å². The van der Waals surface area contributed by atoms with Gasteiger partial charge in [-0.25, -0.2) is 0 Å². The Labute approximate surface area is 85.9 Å². The van der Waals surface area contributed by atoms with Gasteiger partial charge in [-0.3, -0.25) is 0 Å². The molecule has 1 heterocycles. The molecule has 2 N–H and O–H groups in total. The summed E-state index contributed by atoms with van der Waals surface area (Å²) in [7, 11) is 0. The lowest BCUT2D eigenvalue weighted by Gasteiger charge is -2.06. The van der Waals surface area contributed by atoms with Gasteiger partial charge in [0.25, 0.3) is 0 Å². The number of fused-ring (bicyclic) bond motifs is 1. The predicted molar refractivity (Wildman–Crippen MR) is 62.8 cm³/mol. The zero-order valence-corrected chi connectivity index (χ0v) is 9.26. The van der Waals surface area contributed by atoms with Crippen molar-refractivity contribution >= 4 is 38.9 Å². The summed E-state index contributed by atoms with van der Waals surface area (Å²) < 4.78 is 1.22. The Hall–Kier alpha value is -0.670. The maximum atomic E-state index is 6.04. The van der Waals surface area contributed by atoms with Gasteiger partial charge >= 0.3 is 0 Å². The lowest BCUT2D eigenvalue weighted by Crippen LogP contribution is -1.91. The summed E-state index contributed by atoms with van der Waals surface area (Å²) in [5, 5.41) is 3.35. The summed E-state index contributed by atoms with van der Waals surface area (Å²) in [6.07, 6.45) is 2.08. The van der Waals surface area contributed by atoms with Gasteiger partial charge in [0, 0.05) is 4.90 Å². The lowest BCUT2D eigenvalue weighted by molar-refractivity contribution is 1.34. The highest BCUT2D eigenvalue weighted by Crippen LogP contribution is 2.35. The fraction of sp³-hybridized carbons (Fsp3) is 0.200. The Morgan fingerprint density at radius 1 is 1.46 bits per heavy atom. The third kappa shape index (κ3) is 1.32. The molecule has 0 atom stereocenters. The molecule has 0 amide bonds. The molecular formula is C10H11NS2. The number of benzene rings is 1. The van der Waals surface area contributed by atoms with E-state index in [0.717, 1.165) is 5.69 Å². The smallest absolute Gasteiger partial charge is 0.0575 e. The van der Waals surface area contributed by atoms with E-state index in [1.807, 2.05) is 0 Å². The van der Waals surface area contributed by atoms with Crippen LogP contribution in [0.4, 0.5) is 5.69 Å². The number of nitrogen functional groups attached to an aromatic ring is 1. The topological polar surface area (TPSA) is 26.0 Å². The van der Waals surface area contributed by atoms with E-state index >= 15 is 0 Å². The number of nitrogens with two attached hydrogens (primary N) is 1. The summed E-state index contributed by atoms with van der Waals surface area (Å²) in [5.41, 5.74) is 8.19. The molecule has 0 aliphatic heterocycles. The van der Waals surface area contributed by atoms with E-state index in [1.165, 1.54) is 20.5 Å². The van der Waals surface area contributed by atoms with E-state index in [4.69, 9.17) is 5.73 Å². The minimum atomic E-state index is 0.942. The van der Waals surface area contributed by atoms with E-state index in [0.29, 0.717) is 0 Å². The predicted octanol–water partition coefficient (Wildman–Crippen LogP) is 3.51. The molecule has 0 aliphatic carbocycles. The summed E-state index contributed by atoms with van der Waals surface area (Å²) in [6.45, 7) is 2.08. The molecule has 0 saturated carbocycles. The Balaban J connectivity index is 2.83. The average molecular weight is 209 g/mol. The second-order valence-corrected chi connectivity index (χ2v) is 4.72. The minimum Gasteiger partial charge on any atom is -0.397 e. The molecule has 3 heteroatoms. The van der Waals surface area contributed by atoms with Crippen LogP contribution in [0.25, 0.3) is 10.1 Å². The van der Waals surface area contributed by atoms with Crippen LogP contribution in [-0.4, -0.2) is 6.26 Å². The number of hydrogen-bond acceptors (Lipinski definition) is 3. The highest BCUT2D eigenvalue weighted by atomic mass is 32.2. The normalized spacial score (nSPS) is 10.9. The first-order valence-corrected chi connectivity index (χ1v) is 6.14. The van der Waals surface area contributed by atoms with E-state index < -0.39 is 0 Å². The van der Waals surface area contributed by atoms with Crippen molar-refractivity contribution in [2.24, 2.45) is 0 Å². The van der Waals surface area contributed by atoms with Crippen LogP contribution < -0.4 is 5.73 Å². The van der Waals surface area contributed by atoms with Crippen LogP contribution in [-0.2, 0) is 0 Å². The first-order valence-electron chi connectivity index (χ1n) is 4.04. The molecule has 0 aliphatic rings. The Morgan fingerprint density at radius 3 is 2.92 bits per heavy atom. The fourth-order valence-electron chi connectivity index (χ4n) is 1.42. The van der Waals surface area contributed by atoms with Gasteiger partial charge in [-0.05, 0) is 41.6 Å². The Morgan fingerprint density at radius 2 is 2.23 bits per heavy atom. The number of thioether (sulfide) groups is 1. The van der Waals surface area contributed by atoms with Crippen LogP contribution >= 0.6 is 23.1 Å². The van der Waals surface area contributed by atoms with E-state index in [-0.39, 0.29) is 0 Å². The van der Waals surface area contributed by atoms with Crippen LogP contribution in [0.5, 0.6) is 0 Å². The van der Waals surface area contributed by atoms with Crippen molar-refractivity contribution in [1.29, 1.82) is 0 Å². The maximum Gasteiger partial charge on any atom is 0.0575 e. The van der Waals surface area contributed by atoms with Crippen molar-refractivity contribution in [3.05, 3.63) is 23.1 Å². The maximum absolute atomic E-state index is 6.04. The van der Waals surface area contributed by atoms with Gasteiger partial charge in [0.15, 0.2) is 0 Å². The van der Waals surface area contributed by atoms with E-state index in [1.54, 1.807) is 23.1 Å². The number of anilines is 1. The van der Waals surface area contributed by atoms with Crippen LogP contribution in [0.3, 0.4) is 0 Å². The standard InChI is InChI=1S/C10H11NS2/c1-6-8(12-2)5-7-3-4-13-10(7)9(6)11/h3-5H,11H2,1-2H3. The van der Waals surface area contributed by atoms with Gasteiger partial charge in [-0.15, -0.1) is 23.1 Å². The molecule has 1 aromatic heterocycles. The molecule has 0 spiro atoms. The highest BCUT2D eigenvalue weighted by molar-refractivity contribution is 7.98. The lowest BCUT2D eigenvalue weighted by atomic mass is 10.1. The molecule has 0 fully saturated rings. The largest absolute Gasteiger partial charge is 0.397 e. The summed E-state index contributed by atoms with van der Waals surface area (Å²) >= 11 is 3.47. The van der Waals surface area contributed by atoms with Gasteiger partial charge < -0.3 is 5.73 Å². The Kier molecular flexibility index (Phi) is 2.22. The minimum absolute atomic E-state index is 0.942. The quantitative estimate of drug-likeness (QED) is 0.574. The first kappa shape index (κ1) is 8.91. The molecule has 0 unspecified atom stereocenters. The van der Waals surface area contributed by atoms with Crippen molar-refractivity contribution < 1.29 is 0 Å². The van der Waals surface area contributed by atoms with Crippen molar-refractivity contribution in [3.8, 4) is 0 Å². The van der Waals surface area contributed by atoms with Gasteiger partial charge in [0.2, 0.25) is 0 Å². The third-order valence-electron chi connectivity index (χ3n) is 2.22. The van der Waals surface area contributed by atoms with Crippen molar-refractivity contribution in [3.63, 3.8) is 0 Å². The summed E-state index contributed by atoms with van der Waals surface area (Å²) in [6, 6.07) is 4.33. The number of thiophene rings is 1. The molecule has 2 aromatic rings. The first-order chi connectivity index (χ1) is 6.24. The fourth-order valence-corrected chi connectivity index (χ4v) is 2.97. The SMILES string of the molecule is CSc1cc2ccsc2c(N)c1C. The van der Waals surface area contributed by atoms with Gasteiger partial charge in [0.05, 0.1) is 10.4 Å². The monoisotopic (exact) mass is 209 g/mol. The third-order valence-corrected chi connectivity index (χ3v) is 4.05. The number of rotatable bonds is 1. The molecule has 2 rings (SSSR count). The summed E-state index contributed by atoms with van der Waals surface area (Å²) in [5.74, 6) is 0. The van der Waals surface area contributed by atoms with Crippen LogP contribution in [0.2, 0.25) is 0 Å². The molecular weight excluding hydrogens is 198 g/mol. The average Bonchev–Trinajstić information content (AvgIpc) is 2.59. The van der Waals surface area contributed by atoms with E-state index in [9.17, 15) is 0 Å². The zero-order chi connectivity index (χ0) is 9.42. The Bertz CT molecular complexity index is 445. The molecule has 0 saturated heterocycles. The molecule has 13 heavy (non-hydrogen) atoms. The van der Waals surface area contributed by atoms with Gasteiger partial charge in [-0.2, -0.15) is 0 Å². The molecule has 68 valence electrons. The van der Waals surface area contributed by atoms with Crippen molar-refractivity contribution in [2.75, 3.05) is 12.0 Å². The summed E-state index contributed by atoms with van der Waals surface area (Å²) in [4.78, 5) is 1.28. The zero-order valence-electron chi connectivity index (χ0n) is 7.63. The van der Waals surface area contributed by atoms with Crippen molar-refractivity contribution in [2.45, 2.75) is 11.8 Å². The van der Waals surface area contributed by atoms with Gasteiger partial charge in [-0.1, -0.05) is 0 Å². The molecule has 0 bridgehead atoms. The molecule has 1 nitrogen and oxygen atoms in total. The van der Waals surface area contributed by atoms with E-state index in [2.05, 4.69) is 30.7 Å². The van der Waals surface area contributed by atoms with Crippen LogP contribution in [0, 0.1) is 6.92 Å². The van der Waals surface area contributed by atoms with Crippen molar-refractivity contribution in [1.82, 2.24) is 0 Å².